The molecule has 0 fully saturated rings. The van der Waals surface area contributed by atoms with E-state index in [-0.39, 0.29) is 4.83 Å². The molecule has 0 aliphatic rings. The lowest BCUT2D eigenvalue weighted by molar-refractivity contribution is 1.16. The summed E-state index contributed by atoms with van der Waals surface area (Å²) in [5, 5.41) is 0.830. The summed E-state index contributed by atoms with van der Waals surface area (Å²) in [5.74, 6) is 0. The number of halogens is 2. The maximum absolute atomic E-state index is 6.17. The van der Waals surface area contributed by atoms with Crippen molar-refractivity contribution in [1.29, 1.82) is 0 Å². The Bertz CT molecular complexity index is 545. The van der Waals surface area contributed by atoms with Gasteiger partial charge in [0.2, 0.25) is 0 Å². The van der Waals surface area contributed by atoms with Crippen molar-refractivity contribution >= 4 is 38.9 Å². The third-order valence-electron chi connectivity index (χ3n) is 2.84. The molecule has 0 aliphatic carbocycles. The molecule has 17 heavy (non-hydrogen) atoms. The Hall–Kier alpha value is -0.310. The number of thiophene rings is 1. The van der Waals surface area contributed by atoms with Crippen LogP contribution in [0.3, 0.4) is 0 Å². The highest BCUT2D eigenvalue weighted by atomic mass is 79.9. The molecule has 90 valence electrons. The molecule has 0 spiro atoms. The van der Waals surface area contributed by atoms with Gasteiger partial charge in [-0.25, -0.2) is 0 Å². The average Bonchev–Trinajstić information content (AvgIpc) is 2.61. The zero-order chi connectivity index (χ0) is 12.6. The van der Waals surface area contributed by atoms with Crippen LogP contribution in [0.25, 0.3) is 0 Å². The first-order valence-electron chi connectivity index (χ1n) is 5.46. The van der Waals surface area contributed by atoms with Crippen LogP contribution in [0.15, 0.2) is 24.3 Å². The molecule has 1 aromatic heterocycles. The second-order valence-electron chi connectivity index (χ2n) is 4.24. The molecule has 0 amide bonds. The maximum atomic E-state index is 6.17. The molecule has 1 atom stereocenters. The first-order valence-corrected chi connectivity index (χ1v) is 7.57. The van der Waals surface area contributed by atoms with Gasteiger partial charge in [0.05, 0.1) is 4.83 Å². The Morgan fingerprint density at radius 1 is 1.18 bits per heavy atom. The van der Waals surface area contributed by atoms with E-state index in [1.165, 1.54) is 20.9 Å². The second kappa shape index (κ2) is 5.13. The lowest BCUT2D eigenvalue weighted by atomic mass is 10.0. The summed E-state index contributed by atoms with van der Waals surface area (Å²) in [7, 11) is 0. The van der Waals surface area contributed by atoms with Crippen molar-refractivity contribution in [3.63, 3.8) is 0 Å². The Morgan fingerprint density at radius 3 is 2.41 bits per heavy atom. The van der Waals surface area contributed by atoms with Gasteiger partial charge in [0.1, 0.15) is 0 Å². The van der Waals surface area contributed by atoms with Gasteiger partial charge in [0.15, 0.2) is 0 Å². The van der Waals surface area contributed by atoms with Crippen LogP contribution >= 0.6 is 38.9 Å². The van der Waals surface area contributed by atoms with Crippen molar-refractivity contribution in [3.8, 4) is 0 Å². The number of rotatable bonds is 2. The standard InChI is InChI=1S/C14H14BrClS/c1-8-4-5-11(7-13(8)16)14(15)12-6-9(2)17-10(12)3/h4-7,14H,1-3H3. The van der Waals surface area contributed by atoms with E-state index in [0.29, 0.717) is 0 Å². The van der Waals surface area contributed by atoms with Crippen LogP contribution in [0.4, 0.5) is 0 Å². The van der Waals surface area contributed by atoms with E-state index in [1.54, 1.807) is 0 Å². The lowest BCUT2D eigenvalue weighted by Gasteiger charge is -2.11. The van der Waals surface area contributed by atoms with E-state index in [9.17, 15) is 0 Å². The molecule has 2 rings (SSSR count). The number of hydrogen-bond donors (Lipinski definition) is 0. The first-order chi connectivity index (χ1) is 7.99. The fourth-order valence-corrected chi connectivity index (χ4v) is 3.91. The van der Waals surface area contributed by atoms with Gasteiger partial charge in [0, 0.05) is 14.8 Å². The Morgan fingerprint density at radius 2 is 1.88 bits per heavy atom. The fraction of sp³-hybridized carbons (Fsp3) is 0.286. The maximum Gasteiger partial charge on any atom is 0.0655 e. The summed E-state index contributed by atoms with van der Waals surface area (Å²) < 4.78 is 0. The molecular formula is C14H14BrClS. The number of alkyl halides is 1. The van der Waals surface area contributed by atoms with E-state index in [0.717, 1.165) is 10.6 Å². The Labute approximate surface area is 120 Å². The molecule has 1 heterocycles. The van der Waals surface area contributed by atoms with Gasteiger partial charge in [-0.1, -0.05) is 39.7 Å². The minimum atomic E-state index is 0.227. The van der Waals surface area contributed by atoms with Crippen LogP contribution in [0.1, 0.15) is 31.3 Å². The molecule has 0 bridgehead atoms. The third kappa shape index (κ3) is 2.75. The lowest BCUT2D eigenvalue weighted by Crippen LogP contribution is -1.93. The smallest absolute Gasteiger partial charge is 0.0655 e. The van der Waals surface area contributed by atoms with Crippen LogP contribution in [0.2, 0.25) is 5.02 Å². The van der Waals surface area contributed by atoms with E-state index < -0.39 is 0 Å². The van der Waals surface area contributed by atoms with Crippen molar-refractivity contribution in [1.82, 2.24) is 0 Å². The largest absolute Gasteiger partial charge is 0.146 e. The zero-order valence-electron chi connectivity index (χ0n) is 10.1. The molecular weight excluding hydrogens is 316 g/mol. The van der Waals surface area contributed by atoms with Gasteiger partial charge in [-0.3, -0.25) is 0 Å². The van der Waals surface area contributed by atoms with E-state index in [1.807, 2.05) is 24.3 Å². The molecule has 1 aromatic carbocycles. The van der Waals surface area contributed by atoms with Crippen molar-refractivity contribution < 1.29 is 0 Å². The zero-order valence-corrected chi connectivity index (χ0v) is 13.2. The average molecular weight is 330 g/mol. The van der Waals surface area contributed by atoms with Gasteiger partial charge >= 0.3 is 0 Å². The molecule has 0 radical (unpaired) electrons. The topological polar surface area (TPSA) is 0 Å². The number of aryl methyl sites for hydroxylation is 3. The van der Waals surface area contributed by atoms with Crippen LogP contribution in [0.5, 0.6) is 0 Å². The van der Waals surface area contributed by atoms with Crippen molar-refractivity contribution in [2.45, 2.75) is 25.6 Å². The molecule has 0 N–H and O–H groups in total. The third-order valence-corrected chi connectivity index (χ3v) is 5.25. The number of benzene rings is 1. The first kappa shape index (κ1) is 13.1. The van der Waals surface area contributed by atoms with E-state index >= 15 is 0 Å². The number of hydrogen-bond acceptors (Lipinski definition) is 1. The monoisotopic (exact) mass is 328 g/mol. The highest BCUT2D eigenvalue weighted by molar-refractivity contribution is 9.09. The molecule has 2 aromatic rings. The van der Waals surface area contributed by atoms with Gasteiger partial charge < -0.3 is 0 Å². The predicted octanol–water partition coefficient (Wildman–Crippen LogP) is 5.81. The minimum absolute atomic E-state index is 0.227. The SMILES string of the molecule is Cc1cc(C(Br)c2ccc(C)c(Cl)c2)c(C)s1. The fourth-order valence-electron chi connectivity index (χ4n) is 1.85. The van der Waals surface area contributed by atoms with Crippen LogP contribution in [-0.2, 0) is 0 Å². The summed E-state index contributed by atoms with van der Waals surface area (Å²) in [6.07, 6.45) is 0. The van der Waals surface area contributed by atoms with Crippen LogP contribution in [0, 0.1) is 20.8 Å². The molecule has 3 heteroatoms. The van der Waals surface area contributed by atoms with E-state index in [2.05, 4.69) is 48.0 Å². The minimum Gasteiger partial charge on any atom is -0.146 e. The van der Waals surface area contributed by atoms with Gasteiger partial charge in [-0.2, -0.15) is 0 Å². The molecule has 0 nitrogen and oxygen atoms in total. The van der Waals surface area contributed by atoms with E-state index in [4.69, 9.17) is 11.6 Å². The normalized spacial score (nSPS) is 12.8. The second-order valence-corrected chi connectivity index (χ2v) is 7.02. The van der Waals surface area contributed by atoms with Crippen molar-refractivity contribution in [2.75, 3.05) is 0 Å². The van der Waals surface area contributed by atoms with Gasteiger partial charge in [0.25, 0.3) is 0 Å². The quantitative estimate of drug-likeness (QED) is 0.610. The van der Waals surface area contributed by atoms with Gasteiger partial charge in [-0.15, -0.1) is 11.3 Å². The predicted molar refractivity (Wildman–Crippen MR) is 80.8 cm³/mol. The van der Waals surface area contributed by atoms with Crippen molar-refractivity contribution in [2.24, 2.45) is 0 Å². The Balaban J connectivity index is 2.40. The molecule has 0 saturated carbocycles. The summed E-state index contributed by atoms with van der Waals surface area (Å²) in [6.45, 7) is 6.33. The van der Waals surface area contributed by atoms with Crippen molar-refractivity contribution in [3.05, 3.63) is 55.7 Å². The molecule has 0 saturated heterocycles. The highest BCUT2D eigenvalue weighted by Gasteiger charge is 2.15. The summed E-state index contributed by atoms with van der Waals surface area (Å²) in [6, 6.07) is 8.49. The van der Waals surface area contributed by atoms with Crippen LogP contribution < -0.4 is 0 Å². The Kier molecular flexibility index (Phi) is 3.96. The van der Waals surface area contributed by atoms with Gasteiger partial charge in [-0.05, 0) is 49.6 Å². The summed E-state index contributed by atoms with van der Waals surface area (Å²) >= 11 is 11.8. The van der Waals surface area contributed by atoms with Crippen LogP contribution in [-0.4, -0.2) is 0 Å². The summed E-state index contributed by atoms with van der Waals surface area (Å²) in [5.41, 5.74) is 3.67. The molecule has 1 unspecified atom stereocenters. The molecule has 0 aliphatic heterocycles. The highest BCUT2D eigenvalue weighted by Crippen LogP contribution is 2.37. The summed E-state index contributed by atoms with van der Waals surface area (Å²) in [4.78, 5) is 2.94.